The van der Waals surface area contributed by atoms with Crippen LogP contribution in [-0.2, 0) is 11.2 Å². The number of aliphatic carboxylic acids is 1. The minimum atomic E-state index is -0.945. The summed E-state index contributed by atoms with van der Waals surface area (Å²) in [7, 11) is 1.60. The molecule has 0 bridgehead atoms. The zero-order valence-corrected chi connectivity index (χ0v) is 14.7. The van der Waals surface area contributed by atoms with Crippen LogP contribution >= 0.6 is 11.8 Å². The van der Waals surface area contributed by atoms with Crippen molar-refractivity contribution in [1.82, 2.24) is 10.3 Å². The van der Waals surface area contributed by atoms with Crippen molar-refractivity contribution in [3.63, 3.8) is 0 Å². The van der Waals surface area contributed by atoms with Gasteiger partial charge in [0, 0.05) is 23.4 Å². The number of aromatic amines is 1. The number of carbonyl (C=O) groups is 1. The number of rotatable bonds is 7. The molecule has 3 rings (SSSR count). The molecule has 26 heavy (non-hydrogen) atoms. The Labute approximate surface area is 153 Å². The van der Waals surface area contributed by atoms with E-state index in [2.05, 4.69) is 10.3 Å². The topological polar surface area (TPSA) is 108 Å². The molecule has 3 aromatic rings. The average Bonchev–Trinajstić information content (AvgIpc) is 2.96. The highest BCUT2D eigenvalue weighted by Crippen LogP contribution is 2.38. The van der Waals surface area contributed by atoms with E-state index < -0.39 is 16.9 Å². The van der Waals surface area contributed by atoms with Gasteiger partial charge < -0.3 is 15.4 Å². The molecule has 8 heteroatoms. The Balaban J connectivity index is 2.07. The summed E-state index contributed by atoms with van der Waals surface area (Å²) in [6.07, 6.45) is 0.263. The van der Waals surface area contributed by atoms with Crippen LogP contribution in [0.4, 0.5) is 5.69 Å². The molecule has 1 atom stereocenters. The summed E-state index contributed by atoms with van der Waals surface area (Å²) in [6, 6.07) is 13.3. The molecule has 1 unspecified atom stereocenters. The molecule has 0 aliphatic carbocycles. The van der Waals surface area contributed by atoms with Crippen molar-refractivity contribution in [3.05, 3.63) is 64.2 Å². The number of para-hydroxylation sites is 2. The SMILES string of the molecule is CNC(Cc1c(Sc2ccccc2[N+](=O)[O-])[nH]c2ccccc12)C(=O)O. The monoisotopic (exact) mass is 371 g/mol. The molecule has 0 spiro atoms. The fourth-order valence-corrected chi connectivity index (χ4v) is 3.88. The molecule has 1 aromatic heterocycles. The lowest BCUT2D eigenvalue weighted by molar-refractivity contribution is -0.387. The Morgan fingerprint density at radius 2 is 1.96 bits per heavy atom. The molecule has 2 aromatic carbocycles. The molecule has 0 fully saturated rings. The Bertz CT molecular complexity index is 970. The van der Waals surface area contributed by atoms with Gasteiger partial charge in [0.05, 0.1) is 14.8 Å². The van der Waals surface area contributed by atoms with Gasteiger partial charge in [-0.25, -0.2) is 0 Å². The molecule has 3 N–H and O–H groups in total. The van der Waals surface area contributed by atoms with Gasteiger partial charge in [-0.3, -0.25) is 14.9 Å². The van der Waals surface area contributed by atoms with E-state index in [1.165, 1.54) is 17.8 Å². The van der Waals surface area contributed by atoms with E-state index in [4.69, 9.17) is 0 Å². The van der Waals surface area contributed by atoms with Gasteiger partial charge in [-0.05, 0) is 24.7 Å². The third-order valence-electron chi connectivity index (χ3n) is 4.10. The van der Waals surface area contributed by atoms with Crippen molar-refractivity contribution >= 4 is 34.3 Å². The van der Waals surface area contributed by atoms with Crippen LogP contribution in [0.25, 0.3) is 10.9 Å². The van der Waals surface area contributed by atoms with Crippen molar-refractivity contribution in [1.29, 1.82) is 0 Å². The third kappa shape index (κ3) is 3.56. The smallest absolute Gasteiger partial charge is 0.321 e. The summed E-state index contributed by atoms with van der Waals surface area (Å²) in [4.78, 5) is 26.1. The number of carboxylic acids is 1. The minimum Gasteiger partial charge on any atom is -0.480 e. The summed E-state index contributed by atoms with van der Waals surface area (Å²) in [6.45, 7) is 0. The van der Waals surface area contributed by atoms with E-state index in [9.17, 15) is 20.0 Å². The number of H-pyrrole nitrogens is 1. The number of nitrogens with zero attached hydrogens (tertiary/aromatic N) is 1. The van der Waals surface area contributed by atoms with Gasteiger partial charge in [0.2, 0.25) is 0 Å². The molecular formula is C18H17N3O4S. The lowest BCUT2D eigenvalue weighted by atomic mass is 10.1. The first-order valence-electron chi connectivity index (χ1n) is 7.92. The van der Waals surface area contributed by atoms with Crippen LogP contribution in [0.3, 0.4) is 0 Å². The Hall–Kier alpha value is -2.84. The normalized spacial score (nSPS) is 12.2. The van der Waals surface area contributed by atoms with Gasteiger partial charge in [-0.15, -0.1) is 0 Å². The quantitative estimate of drug-likeness (QED) is 0.434. The molecule has 0 amide bonds. The van der Waals surface area contributed by atoms with Gasteiger partial charge in [0.25, 0.3) is 5.69 Å². The Morgan fingerprint density at radius 1 is 1.27 bits per heavy atom. The second-order valence-electron chi connectivity index (χ2n) is 5.69. The zero-order chi connectivity index (χ0) is 18.7. The van der Waals surface area contributed by atoms with Gasteiger partial charge >= 0.3 is 5.97 Å². The molecule has 0 saturated carbocycles. The average molecular weight is 371 g/mol. The van der Waals surface area contributed by atoms with E-state index in [0.717, 1.165) is 16.5 Å². The van der Waals surface area contributed by atoms with Gasteiger partial charge in [-0.1, -0.05) is 42.1 Å². The van der Waals surface area contributed by atoms with Crippen LogP contribution in [0.2, 0.25) is 0 Å². The molecule has 134 valence electrons. The lowest BCUT2D eigenvalue weighted by Gasteiger charge is -2.12. The number of benzene rings is 2. The number of likely N-dealkylation sites (N-methyl/N-ethyl adjacent to an activating group) is 1. The maximum atomic E-state index is 11.4. The first-order valence-corrected chi connectivity index (χ1v) is 8.74. The first kappa shape index (κ1) is 18.0. The number of carboxylic acid groups (broad SMARTS) is 1. The molecule has 0 radical (unpaired) electrons. The highest BCUT2D eigenvalue weighted by molar-refractivity contribution is 7.99. The van der Waals surface area contributed by atoms with Crippen molar-refractivity contribution in [2.75, 3.05) is 7.05 Å². The number of fused-ring (bicyclic) bond motifs is 1. The van der Waals surface area contributed by atoms with Crippen LogP contribution in [0.5, 0.6) is 0 Å². The maximum absolute atomic E-state index is 11.4. The fraction of sp³-hybridized carbons (Fsp3) is 0.167. The number of hydrogen-bond donors (Lipinski definition) is 3. The van der Waals surface area contributed by atoms with Crippen molar-refractivity contribution in [2.24, 2.45) is 0 Å². The molecule has 0 aliphatic rings. The second-order valence-corrected chi connectivity index (χ2v) is 6.74. The highest BCUT2D eigenvalue weighted by Gasteiger charge is 2.23. The minimum absolute atomic E-state index is 0.0190. The van der Waals surface area contributed by atoms with Crippen molar-refractivity contribution in [2.45, 2.75) is 22.4 Å². The largest absolute Gasteiger partial charge is 0.480 e. The predicted molar refractivity (Wildman–Crippen MR) is 99.7 cm³/mol. The van der Waals surface area contributed by atoms with Crippen molar-refractivity contribution in [3.8, 4) is 0 Å². The van der Waals surface area contributed by atoms with Crippen LogP contribution in [0.1, 0.15) is 5.56 Å². The summed E-state index contributed by atoms with van der Waals surface area (Å²) in [5.41, 5.74) is 1.71. The molecule has 7 nitrogen and oxygen atoms in total. The maximum Gasteiger partial charge on any atom is 0.321 e. The predicted octanol–water partition coefficient (Wildman–Crippen LogP) is 3.44. The molecule has 1 heterocycles. The van der Waals surface area contributed by atoms with Gasteiger partial charge in [0.15, 0.2) is 0 Å². The van der Waals surface area contributed by atoms with E-state index in [-0.39, 0.29) is 12.1 Å². The number of aromatic nitrogens is 1. The Kier molecular flexibility index (Phi) is 5.24. The zero-order valence-electron chi connectivity index (χ0n) is 13.9. The van der Waals surface area contributed by atoms with E-state index in [0.29, 0.717) is 9.92 Å². The van der Waals surface area contributed by atoms with Crippen LogP contribution in [0, 0.1) is 10.1 Å². The van der Waals surface area contributed by atoms with Crippen LogP contribution < -0.4 is 5.32 Å². The van der Waals surface area contributed by atoms with Crippen LogP contribution in [-0.4, -0.2) is 34.1 Å². The highest BCUT2D eigenvalue weighted by atomic mass is 32.2. The fourth-order valence-electron chi connectivity index (χ4n) is 2.79. The third-order valence-corrected chi connectivity index (χ3v) is 5.22. The number of hydrogen-bond acceptors (Lipinski definition) is 5. The molecule has 0 aliphatic heterocycles. The summed E-state index contributed by atoms with van der Waals surface area (Å²) in [5.74, 6) is -0.945. The van der Waals surface area contributed by atoms with Gasteiger partial charge in [-0.2, -0.15) is 0 Å². The van der Waals surface area contributed by atoms with Crippen molar-refractivity contribution < 1.29 is 14.8 Å². The number of nitrogens with one attached hydrogen (secondary N) is 2. The number of nitro groups is 1. The van der Waals surface area contributed by atoms with Gasteiger partial charge in [0.1, 0.15) is 6.04 Å². The second kappa shape index (κ2) is 7.59. The Morgan fingerprint density at radius 3 is 2.65 bits per heavy atom. The standard InChI is InChI=1S/C18H17N3O4S/c1-19-14(18(22)23)10-12-11-6-2-3-7-13(11)20-17(12)26-16-9-5-4-8-15(16)21(24)25/h2-9,14,19-20H,10H2,1H3,(H,22,23). The lowest BCUT2D eigenvalue weighted by Crippen LogP contribution is -2.35. The first-order chi connectivity index (χ1) is 12.5. The summed E-state index contributed by atoms with van der Waals surface area (Å²) >= 11 is 1.24. The summed E-state index contributed by atoms with van der Waals surface area (Å²) in [5, 5.41) is 25.1. The summed E-state index contributed by atoms with van der Waals surface area (Å²) < 4.78 is 0. The molecule has 0 saturated heterocycles. The van der Waals surface area contributed by atoms with E-state index in [1.54, 1.807) is 25.2 Å². The molecular weight excluding hydrogens is 354 g/mol. The van der Waals surface area contributed by atoms with E-state index >= 15 is 0 Å². The van der Waals surface area contributed by atoms with Crippen LogP contribution in [0.15, 0.2) is 58.5 Å². The van der Waals surface area contributed by atoms with E-state index in [1.807, 2.05) is 24.3 Å². The number of nitro benzene ring substituents is 1.